The van der Waals surface area contributed by atoms with Crippen LogP contribution in [0.5, 0.6) is 0 Å². The summed E-state index contributed by atoms with van der Waals surface area (Å²) >= 11 is 7.11. The van der Waals surface area contributed by atoms with E-state index in [9.17, 15) is 23.4 Å². The van der Waals surface area contributed by atoms with E-state index in [1.54, 1.807) is 36.4 Å². The number of aliphatic carboxylic acids is 1. The van der Waals surface area contributed by atoms with E-state index in [1.807, 2.05) is 18.2 Å². The Morgan fingerprint density at radius 3 is 2.63 bits per heavy atom. The van der Waals surface area contributed by atoms with Crippen molar-refractivity contribution in [1.82, 2.24) is 4.72 Å². The minimum atomic E-state index is -3.90. The molecule has 2 aromatic carbocycles. The number of thioether (sulfide) groups is 1. The number of carbonyl (C=O) groups is 1. The molecule has 3 N–H and O–H groups in total. The fraction of sp³-hybridized carbons (Fsp3) is 0.286. The summed E-state index contributed by atoms with van der Waals surface area (Å²) < 4.78 is 27.8. The van der Waals surface area contributed by atoms with Crippen molar-refractivity contribution < 1.29 is 23.4 Å². The molecule has 0 amide bonds. The predicted molar refractivity (Wildman–Crippen MR) is 118 cm³/mol. The number of hydrogen-bond donors (Lipinski definition) is 3. The Labute approximate surface area is 184 Å². The molecule has 4 rings (SSSR count). The highest BCUT2D eigenvalue weighted by molar-refractivity contribution is 8.18. The normalized spacial score (nSPS) is 25.7. The molecular weight excluding hydrogens is 446 g/mol. The number of carboxylic acids is 1. The summed E-state index contributed by atoms with van der Waals surface area (Å²) in [6, 6.07) is 14.1. The average Bonchev–Trinajstić information content (AvgIpc) is 3.22. The smallest absolute Gasteiger partial charge is 0.325 e. The second kappa shape index (κ2) is 8.01. The summed E-state index contributed by atoms with van der Waals surface area (Å²) in [6.45, 7) is -0.162. The summed E-state index contributed by atoms with van der Waals surface area (Å²) in [6.07, 6.45) is 2.31. The molecule has 1 heterocycles. The standard InChI is InChI=1S/C21H20ClNO5S2/c22-16-6-4-14(5-7-16)18-8-9-19(29-18)30(27,28)23-21(20(25)26)11-17(21)15-3-1-2-13(10-15)12-24/h1-8,10,17,19,23-24H,9,11-12H2,(H,25,26)/t17-,19?,21+/m1/s1. The number of rotatable bonds is 7. The van der Waals surface area contributed by atoms with Crippen LogP contribution >= 0.6 is 23.4 Å². The second-order valence-corrected chi connectivity index (χ2v) is 11.3. The lowest BCUT2D eigenvalue weighted by Gasteiger charge is -2.19. The number of aliphatic hydroxyl groups is 1. The fourth-order valence-electron chi connectivity index (χ4n) is 3.72. The van der Waals surface area contributed by atoms with Crippen LogP contribution in [0.3, 0.4) is 0 Å². The zero-order valence-electron chi connectivity index (χ0n) is 15.8. The molecule has 0 radical (unpaired) electrons. The second-order valence-electron chi connectivity index (χ2n) is 7.44. The summed E-state index contributed by atoms with van der Waals surface area (Å²) in [7, 11) is -3.90. The number of aliphatic hydroxyl groups excluding tert-OH is 1. The van der Waals surface area contributed by atoms with Crippen molar-refractivity contribution in [1.29, 1.82) is 0 Å². The van der Waals surface area contributed by atoms with E-state index in [4.69, 9.17) is 11.6 Å². The Hall–Kier alpha value is -1.84. The van der Waals surface area contributed by atoms with Crippen LogP contribution in [0.4, 0.5) is 0 Å². The van der Waals surface area contributed by atoms with Crippen LogP contribution in [0, 0.1) is 0 Å². The number of carboxylic acid groups (broad SMARTS) is 1. The third-order valence-electron chi connectivity index (χ3n) is 5.43. The van der Waals surface area contributed by atoms with Gasteiger partial charge in [0.1, 0.15) is 10.1 Å². The lowest BCUT2D eigenvalue weighted by Crippen LogP contribution is -2.47. The SMILES string of the molecule is O=C(O)[C@]1(NS(=O)(=O)C2CC=C(c3ccc(Cl)cc3)S2)C[C@@H]1c1cccc(CO)c1. The van der Waals surface area contributed by atoms with Crippen molar-refractivity contribution in [3.63, 3.8) is 0 Å². The summed E-state index contributed by atoms with van der Waals surface area (Å²) in [4.78, 5) is 12.9. The number of benzene rings is 2. The van der Waals surface area contributed by atoms with Crippen LogP contribution in [0.25, 0.3) is 4.91 Å². The number of sulfonamides is 1. The lowest BCUT2D eigenvalue weighted by molar-refractivity contribution is -0.140. The van der Waals surface area contributed by atoms with Crippen LogP contribution in [-0.2, 0) is 21.4 Å². The van der Waals surface area contributed by atoms with Gasteiger partial charge in [-0.15, -0.1) is 11.8 Å². The number of nitrogens with one attached hydrogen (secondary N) is 1. The maximum atomic E-state index is 13.0. The molecule has 1 fully saturated rings. The quantitative estimate of drug-likeness (QED) is 0.577. The highest BCUT2D eigenvalue weighted by atomic mass is 35.5. The molecule has 30 heavy (non-hydrogen) atoms. The zero-order chi connectivity index (χ0) is 21.5. The Morgan fingerprint density at radius 2 is 1.97 bits per heavy atom. The minimum absolute atomic E-state index is 0.162. The Morgan fingerprint density at radius 1 is 1.23 bits per heavy atom. The summed E-state index contributed by atoms with van der Waals surface area (Å²) in [5.74, 6) is -1.68. The number of hydrogen-bond acceptors (Lipinski definition) is 5. The highest BCUT2D eigenvalue weighted by Crippen LogP contribution is 2.53. The first-order valence-corrected chi connectivity index (χ1v) is 12.1. The molecule has 3 atom stereocenters. The Balaban J connectivity index is 1.51. The topological polar surface area (TPSA) is 104 Å². The van der Waals surface area contributed by atoms with Crippen molar-refractivity contribution in [3.05, 3.63) is 76.3 Å². The molecule has 2 aliphatic rings. The minimum Gasteiger partial charge on any atom is -0.480 e. The maximum absolute atomic E-state index is 13.0. The van der Waals surface area contributed by atoms with Gasteiger partial charge in [0.05, 0.1) is 6.61 Å². The number of halogens is 1. The molecule has 9 heteroatoms. The first kappa shape index (κ1) is 21.4. The van der Waals surface area contributed by atoms with E-state index in [-0.39, 0.29) is 13.0 Å². The van der Waals surface area contributed by atoms with E-state index >= 15 is 0 Å². The van der Waals surface area contributed by atoms with Gasteiger partial charge >= 0.3 is 5.97 Å². The molecule has 0 aromatic heterocycles. The third-order valence-corrected chi connectivity index (χ3v) is 9.38. The van der Waals surface area contributed by atoms with Crippen molar-refractivity contribution in [2.24, 2.45) is 0 Å². The third kappa shape index (κ3) is 4.02. The first-order valence-electron chi connectivity index (χ1n) is 9.34. The molecule has 1 aliphatic carbocycles. The molecule has 1 aliphatic heterocycles. The van der Waals surface area contributed by atoms with Crippen molar-refractivity contribution >= 4 is 44.3 Å². The average molecular weight is 466 g/mol. The van der Waals surface area contributed by atoms with Crippen molar-refractivity contribution in [2.75, 3.05) is 0 Å². The highest BCUT2D eigenvalue weighted by Gasteiger charge is 2.63. The predicted octanol–water partition coefficient (Wildman–Crippen LogP) is 3.57. The van der Waals surface area contributed by atoms with Crippen LogP contribution < -0.4 is 4.72 Å². The van der Waals surface area contributed by atoms with E-state index < -0.39 is 32.0 Å². The Kier molecular flexibility index (Phi) is 5.71. The van der Waals surface area contributed by atoms with Gasteiger partial charge in [0.25, 0.3) is 0 Å². The van der Waals surface area contributed by atoms with Gasteiger partial charge in [-0.3, -0.25) is 4.79 Å². The molecular formula is C21H20ClNO5S2. The van der Waals surface area contributed by atoms with Gasteiger partial charge in [0.15, 0.2) is 0 Å². The zero-order valence-corrected chi connectivity index (χ0v) is 18.2. The van der Waals surface area contributed by atoms with Crippen LogP contribution in [0.1, 0.15) is 35.4 Å². The van der Waals surface area contributed by atoms with Gasteiger partial charge in [-0.05, 0) is 41.7 Å². The molecule has 0 saturated heterocycles. The van der Waals surface area contributed by atoms with E-state index in [0.29, 0.717) is 22.6 Å². The lowest BCUT2D eigenvalue weighted by atomic mass is 10.0. The molecule has 6 nitrogen and oxygen atoms in total. The van der Waals surface area contributed by atoms with Gasteiger partial charge in [-0.1, -0.05) is 54.1 Å². The van der Waals surface area contributed by atoms with E-state index in [2.05, 4.69) is 4.72 Å². The fourth-order valence-corrected chi connectivity index (χ4v) is 7.05. The molecule has 0 bridgehead atoms. The van der Waals surface area contributed by atoms with Gasteiger partial charge in [0.2, 0.25) is 10.0 Å². The van der Waals surface area contributed by atoms with Gasteiger partial charge in [0, 0.05) is 15.8 Å². The maximum Gasteiger partial charge on any atom is 0.325 e. The summed E-state index contributed by atoms with van der Waals surface area (Å²) in [5, 5.41) is 19.7. The first-order chi connectivity index (χ1) is 14.2. The van der Waals surface area contributed by atoms with Crippen molar-refractivity contribution in [2.45, 2.75) is 35.5 Å². The molecule has 1 unspecified atom stereocenters. The molecule has 1 saturated carbocycles. The van der Waals surface area contributed by atoms with Crippen LogP contribution in [0.15, 0.2) is 54.6 Å². The monoisotopic (exact) mass is 465 g/mol. The molecule has 0 spiro atoms. The molecule has 2 aromatic rings. The van der Waals surface area contributed by atoms with E-state index in [0.717, 1.165) is 10.5 Å². The number of allylic oxidation sites excluding steroid dienone is 1. The van der Waals surface area contributed by atoms with Crippen molar-refractivity contribution in [3.8, 4) is 0 Å². The van der Waals surface area contributed by atoms with Gasteiger partial charge in [-0.2, -0.15) is 4.72 Å². The summed E-state index contributed by atoms with van der Waals surface area (Å²) in [5.41, 5.74) is 0.673. The molecule has 158 valence electrons. The Bertz CT molecular complexity index is 1120. The van der Waals surface area contributed by atoms with Gasteiger partial charge < -0.3 is 10.2 Å². The van der Waals surface area contributed by atoms with Crippen LogP contribution in [-0.4, -0.2) is 34.7 Å². The largest absolute Gasteiger partial charge is 0.480 e. The van der Waals surface area contributed by atoms with E-state index in [1.165, 1.54) is 11.8 Å². The van der Waals surface area contributed by atoms with Gasteiger partial charge in [-0.25, -0.2) is 8.42 Å². The van der Waals surface area contributed by atoms with Crippen LogP contribution in [0.2, 0.25) is 5.02 Å².